The summed E-state index contributed by atoms with van der Waals surface area (Å²) >= 11 is 5.83. The van der Waals surface area contributed by atoms with Gasteiger partial charge in [0.05, 0.1) is 0 Å². The molecule has 0 spiro atoms. The van der Waals surface area contributed by atoms with Crippen molar-refractivity contribution in [3.05, 3.63) is 47.0 Å². The molecule has 0 atom stereocenters. The average Bonchev–Trinajstić information content (AvgIpc) is 2.80. The summed E-state index contributed by atoms with van der Waals surface area (Å²) in [4.78, 5) is 18.9. The molecule has 6 heteroatoms. The molecule has 0 radical (unpaired) electrons. The van der Waals surface area contributed by atoms with Gasteiger partial charge in [-0.05, 0) is 18.2 Å². The lowest BCUT2D eigenvalue weighted by Crippen LogP contribution is -2.26. The third kappa shape index (κ3) is 3.24. The first-order valence-electron chi connectivity index (χ1n) is 5.47. The number of rotatable bonds is 4. The number of nitrogen functional groups attached to an aromatic ring is 1. The quantitative estimate of drug-likeness (QED) is 0.734. The van der Waals surface area contributed by atoms with Gasteiger partial charge < -0.3 is 16.0 Å². The Labute approximate surface area is 109 Å². The van der Waals surface area contributed by atoms with Gasteiger partial charge in [0.2, 0.25) is 0 Å². The molecule has 0 bridgehead atoms. The van der Waals surface area contributed by atoms with Gasteiger partial charge in [-0.25, -0.2) is 4.98 Å². The predicted molar refractivity (Wildman–Crippen MR) is 70.5 cm³/mol. The van der Waals surface area contributed by atoms with Gasteiger partial charge in [0, 0.05) is 41.6 Å². The number of hydrogen-bond donors (Lipinski definition) is 3. The Morgan fingerprint density at radius 2 is 2.28 bits per heavy atom. The van der Waals surface area contributed by atoms with Gasteiger partial charge in [-0.2, -0.15) is 0 Å². The SMILES string of the molecule is Nc1cc(Cl)cc(C(=O)NCCc2ncc[nH]2)c1. The highest BCUT2D eigenvalue weighted by Crippen LogP contribution is 2.16. The highest BCUT2D eigenvalue weighted by Gasteiger charge is 2.07. The van der Waals surface area contributed by atoms with Crippen molar-refractivity contribution in [3.63, 3.8) is 0 Å². The molecule has 1 heterocycles. The number of nitrogens with zero attached hydrogens (tertiary/aromatic N) is 1. The Bertz CT molecular complexity index is 519. The zero-order valence-corrected chi connectivity index (χ0v) is 10.4. The topological polar surface area (TPSA) is 83.8 Å². The Morgan fingerprint density at radius 3 is 2.94 bits per heavy atom. The Kier molecular flexibility index (Phi) is 3.84. The van der Waals surface area contributed by atoms with Crippen LogP contribution in [0.3, 0.4) is 0 Å². The number of anilines is 1. The van der Waals surface area contributed by atoms with Crippen molar-refractivity contribution in [1.29, 1.82) is 0 Å². The van der Waals surface area contributed by atoms with Crippen molar-refractivity contribution < 1.29 is 4.79 Å². The van der Waals surface area contributed by atoms with E-state index in [1.807, 2.05) is 0 Å². The molecule has 0 aliphatic carbocycles. The number of nitrogens with two attached hydrogens (primary N) is 1. The van der Waals surface area contributed by atoms with Gasteiger partial charge >= 0.3 is 0 Å². The molecule has 1 aromatic carbocycles. The molecular formula is C12H13ClN4O. The number of H-pyrrole nitrogens is 1. The van der Waals surface area contributed by atoms with E-state index < -0.39 is 0 Å². The summed E-state index contributed by atoms with van der Waals surface area (Å²) in [6.07, 6.45) is 4.07. The summed E-state index contributed by atoms with van der Waals surface area (Å²) in [7, 11) is 0. The monoisotopic (exact) mass is 264 g/mol. The van der Waals surface area contributed by atoms with Crippen LogP contribution in [-0.4, -0.2) is 22.4 Å². The number of nitrogens with one attached hydrogen (secondary N) is 2. The van der Waals surface area contributed by atoms with Crippen LogP contribution in [0.1, 0.15) is 16.2 Å². The minimum absolute atomic E-state index is 0.198. The minimum atomic E-state index is -0.198. The van der Waals surface area contributed by atoms with E-state index in [2.05, 4.69) is 15.3 Å². The third-order valence-electron chi connectivity index (χ3n) is 2.38. The number of imidazole rings is 1. The van der Waals surface area contributed by atoms with Crippen molar-refractivity contribution in [3.8, 4) is 0 Å². The summed E-state index contributed by atoms with van der Waals surface area (Å²) in [6.45, 7) is 0.499. The summed E-state index contributed by atoms with van der Waals surface area (Å²) in [5.41, 5.74) is 6.55. The normalized spacial score (nSPS) is 10.3. The lowest BCUT2D eigenvalue weighted by atomic mass is 10.2. The number of amides is 1. The maximum atomic E-state index is 11.8. The van der Waals surface area contributed by atoms with Gasteiger partial charge in [-0.1, -0.05) is 11.6 Å². The van der Waals surface area contributed by atoms with Gasteiger partial charge in [0.1, 0.15) is 5.82 Å². The molecule has 0 aliphatic heterocycles. The molecule has 0 fully saturated rings. The first kappa shape index (κ1) is 12.4. The maximum Gasteiger partial charge on any atom is 0.251 e. The lowest BCUT2D eigenvalue weighted by Gasteiger charge is -2.05. The molecule has 2 rings (SSSR count). The van der Waals surface area contributed by atoms with Crippen LogP contribution in [0.4, 0.5) is 5.69 Å². The van der Waals surface area contributed by atoms with Crippen LogP contribution >= 0.6 is 11.6 Å². The zero-order chi connectivity index (χ0) is 13.0. The van der Waals surface area contributed by atoms with E-state index in [9.17, 15) is 4.79 Å². The fourth-order valence-electron chi connectivity index (χ4n) is 1.57. The lowest BCUT2D eigenvalue weighted by molar-refractivity contribution is 0.0954. The molecule has 1 amide bonds. The van der Waals surface area contributed by atoms with Gasteiger partial charge in [-0.15, -0.1) is 0 Å². The second-order valence-electron chi connectivity index (χ2n) is 3.82. The van der Waals surface area contributed by atoms with Crippen LogP contribution in [0.5, 0.6) is 0 Å². The van der Waals surface area contributed by atoms with Gasteiger partial charge in [0.25, 0.3) is 5.91 Å². The van der Waals surface area contributed by atoms with Crippen LogP contribution in [0.2, 0.25) is 5.02 Å². The number of benzene rings is 1. The van der Waals surface area contributed by atoms with Crippen LogP contribution in [-0.2, 0) is 6.42 Å². The first-order chi connectivity index (χ1) is 8.65. The molecule has 94 valence electrons. The second kappa shape index (κ2) is 5.55. The Balaban J connectivity index is 1.91. The highest BCUT2D eigenvalue weighted by atomic mass is 35.5. The van der Waals surface area contributed by atoms with E-state index in [0.29, 0.717) is 29.2 Å². The summed E-state index contributed by atoms with van der Waals surface area (Å²) in [5.74, 6) is 0.636. The molecule has 1 aromatic heterocycles. The van der Waals surface area contributed by atoms with Crippen LogP contribution in [0.15, 0.2) is 30.6 Å². The summed E-state index contributed by atoms with van der Waals surface area (Å²) in [5, 5.41) is 3.23. The number of carbonyl (C=O) groups is 1. The van der Waals surface area contributed by atoms with Crippen molar-refractivity contribution in [1.82, 2.24) is 15.3 Å². The number of halogens is 1. The standard InChI is InChI=1S/C12H13ClN4O/c13-9-5-8(6-10(14)7-9)12(18)17-2-1-11-15-3-4-16-11/h3-7H,1-2,14H2,(H,15,16)(H,17,18). The molecule has 18 heavy (non-hydrogen) atoms. The Hall–Kier alpha value is -2.01. The van der Waals surface area contributed by atoms with E-state index in [-0.39, 0.29) is 5.91 Å². The zero-order valence-electron chi connectivity index (χ0n) is 9.61. The number of carbonyl (C=O) groups excluding carboxylic acids is 1. The third-order valence-corrected chi connectivity index (χ3v) is 2.60. The predicted octanol–water partition coefficient (Wildman–Crippen LogP) is 1.62. The van der Waals surface area contributed by atoms with Crippen molar-refractivity contribution in [2.24, 2.45) is 0 Å². The molecule has 0 aliphatic rings. The molecule has 0 saturated carbocycles. The minimum Gasteiger partial charge on any atom is -0.399 e. The van der Waals surface area contributed by atoms with Crippen LogP contribution in [0, 0.1) is 0 Å². The van der Waals surface area contributed by atoms with E-state index in [1.54, 1.807) is 30.6 Å². The fraction of sp³-hybridized carbons (Fsp3) is 0.167. The first-order valence-corrected chi connectivity index (χ1v) is 5.85. The van der Waals surface area contributed by atoms with Crippen LogP contribution < -0.4 is 11.1 Å². The van der Waals surface area contributed by atoms with E-state index in [0.717, 1.165) is 5.82 Å². The second-order valence-corrected chi connectivity index (χ2v) is 4.25. The smallest absolute Gasteiger partial charge is 0.251 e. The molecular weight excluding hydrogens is 252 g/mol. The van der Waals surface area contributed by atoms with Crippen LogP contribution in [0.25, 0.3) is 0 Å². The maximum absolute atomic E-state index is 11.8. The summed E-state index contributed by atoms with van der Waals surface area (Å²) < 4.78 is 0. The Morgan fingerprint density at radius 1 is 1.44 bits per heavy atom. The molecule has 4 N–H and O–H groups in total. The van der Waals surface area contributed by atoms with E-state index in [4.69, 9.17) is 17.3 Å². The average molecular weight is 265 g/mol. The van der Waals surface area contributed by atoms with E-state index in [1.165, 1.54) is 0 Å². The highest BCUT2D eigenvalue weighted by molar-refractivity contribution is 6.31. The summed E-state index contributed by atoms with van der Waals surface area (Å²) in [6, 6.07) is 4.77. The van der Waals surface area contributed by atoms with Crippen molar-refractivity contribution in [2.75, 3.05) is 12.3 Å². The largest absolute Gasteiger partial charge is 0.399 e. The molecule has 5 nitrogen and oxygen atoms in total. The van der Waals surface area contributed by atoms with Crippen molar-refractivity contribution >= 4 is 23.2 Å². The fourth-order valence-corrected chi connectivity index (χ4v) is 1.82. The van der Waals surface area contributed by atoms with E-state index >= 15 is 0 Å². The number of aromatic amines is 1. The molecule has 2 aromatic rings. The van der Waals surface area contributed by atoms with Crippen molar-refractivity contribution in [2.45, 2.75) is 6.42 Å². The molecule has 0 saturated heterocycles. The molecule has 0 unspecified atom stereocenters. The van der Waals surface area contributed by atoms with Gasteiger partial charge in [0.15, 0.2) is 0 Å². The number of hydrogen-bond acceptors (Lipinski definition) is 3. The van der Waals surface area contributed by atoms with Gasteiger partial charge in [-0.3, -0.25) is 4.79 Å². The number of aromatic nitrogens is 2.